The second kappa shape index (κ2) is 10.6. The predicted molar refractivity (Wildman–Crippen MR) is 127 cm³/mol. The molecule has 1 aliphatic heterocycles. The predicted octanol–water partition coefficient (Wildman–Crippen LogP) is 5.59. The van der Waals surface area contributed by atoms with E-state index in [0.717, 1.165) is 40.7 Å². The summed E-state index contributed by atoms with van der Waals surface area (Å²) in [5.74, 6) is -0.344. The number of hydrogen-bond donors (Lipinski definition) is 2. The van der Waals surface area contributed by atoms with Gasteiger partial charge in [0.15, 0.2) is 0 Å². The van der Waals surface area contributed by atoms with E-state index in [-0.39, 0.29) is 17.4 Å². The van der Waals surface area contributed by atoms with Crippen LogP contribution in [0, 0.1) is 0 Å². The third-order valence-electron chi connectivity index (χ3n) is 5.64. The first-order chi connectivity index (χ1) is 14.8. The molecule has 0 aromatic carbocycles. The Hall–Kier alpha value is -1.99. The van der Waals surface area contributed by atoms with E-state index in [1.54, 1.807) is 0 Å². The van der Waals surface area contributed by atoms with Crippen LogP contribution in [0.5, 0.6) is 0 Å². The number of nitrogens with zero attached hydrogens (tertiary/aromatic N) is 1. The van der Waals surface area contributed by atoms with Gasteiger partial charge < -0.3 is 15.4 Å². The molecule has 0 aliphatic carbocycles. The average Bonchev–Trinajstić information content (AvgIpc) is 3.04. The lowest BCUT2D eigenvalue weighted by atomic mass is 9.95. The highest BCUT2D eigenvalue weighted by Gasteiger charge is 2.29. The summed E-state index contributed by atoms with van der Waals surface area (Å²) >= 11 is 1.35. The second-order valence-corrected chi connectivity index (χ2v) is 10.0. The van der Waals surface area contributed by atoms with Gasteiger partial charge in [-0.05, 0) is 26.3 Å². The Kier molecular flexibility index (Phi) is 8.06. The topological polar surface area (TPSA) is 80.3 Å². The third kappa shape index (κ3) is 6.26. The first kappa shape index (κ1) is 23.7. The number of aromatic nitrogens is 1. The number of carbonyl (C=O) groups is 2. The summed E-state index contributed by atoms with van der Waals surface area (Å²) in [6, 6.07) is 2.02. The normalized spacial score (nSPS) is 15.0. The average molecular weight is 446 g/mol. The first-order valence-electron chi connectivity index (χ1n) is 11.5. The molecule has 3 rings (SSSR count). The number of rotatable bonds is 10. The minimum absolute atomic E-state index is 0.146. The van der Waals surface area contributed by atoms with Crippen molar-refractivity contribution in [3.63, 3.8) is 0 Å². The number of amides is 2. The van der Waals surface area contributed by atoms with Crippen LogP contribution in [0.15, 0.2) is 6.07 Å². The Balaban J connectivity index is 1.71. The zero-order chi connectivity index (χ0) is 22.4. The Morgan fingerprint density at radius 3 is 2.58 bits per heavy atom. The van der Waals surface area contributed by atoms with E-state index < -0.39 is 0 Å². The summed E-state index contributed by atoms with van der Waals surface area (Å²) in [5, 5.41) is 6.70. The summed E-state index contributed by atoms with van der Waals surface area (Å²) in [5.41, 5.74) is 2.34. The Morgan fingerprint density at radius 1 is 1.16 bits per heavy atom. The molecule has 0 saturated carbocycles. The summed E-state index contributed by atoms with van der Waals surface area (Å²) in [4.78, 5) is 30.9. The van der Waals surface area contributed by atoms with Crippen molar-refractivity contribution in [2.24, 2.45) is 0 Å². The van der Waals surface area contributed by atoms with Crippen LogP contribution < -0.4 is 10.6 Å². The summed E-state index contributed by atoms with van der Waals surface area (Å²) in [6.07, 6.45) is 9.15. The number of ether oxygens (including phenoxy) is 1. The van der Waals surface area contributed by atoms with Gasteiger partial charge in [0.25, 0.3) is 5.91 Å². The van der Waals surface area contributed by atoms with Gasteiger partial charge in [-0.2, -0.15) is 0 Å². The smallest absolute Gasteiger partial charge is 0.263 e. The van der Waals surface area contributed by atoms with Crippen molar-refractivity contribution in [3.05, 3.63) is 22.2 Å². The number of unbranched alkanes of at least 4 members (excludes halogenated alkanes) is 6. The van der Waals surface area contributed by atoms with Crippen LogP contribution >= 0.6 is 11.3 Å². The van der Waals surface area contributed by atoms with E-state index in [1.807, 2.05) is 6.07 Å². The number of anilines is 1. The molecule has 2 amide bonds. The van der Waals surface area contributed by atoms with Crippen LogP contribution in [-0.4, -0.2) is 28.9 Å². The van der Waals surface area contributed by atoms with Crippen molar-refractivity contribution >= 4 is 39.1 Å². The molecule has 3 heterocycles. The van der Waals surface area contributed by atoms with Gasteiger partial charge >= 0.3 is 0 Å². The molecule has 2 N–H and O–H groups in total. The SMILES string of the molecule is CCCCCCCCCNC(=O)c1sc2nc3c(cc2c1NC(C)=O)COC(C)(C)C3. The van der Waals surface area contributed by atoms with Crippen molar-refractivity contribution in [3.8, 4) is 0 Å². The van der Waals surface area contributed by atoms with Crippen LogP contribution in [0.1, 0.15) is 93.6 Å². The molecular weight excluding hydrogens is 410 g/mol. The highest BCUT2D eigenvalue weighted by Crippen LogP contribution is 2.38. The number of thiophene rings is 1. The van der Waals surface area contributed by atoms with Crippen LogP contribution in [0.2, 0.25) is 0 Å². The lowest BCUT2D eigenvalue weighted by Gasteiger charge is -2.31. The molecular formula is C24H35N3O3S. The van der Waals surface area contributed by atoms with Gasteiger partial charge in [-0.25, -0.2) is 4.98 Å². The fourth-order valence-corrected chi connectivity index (χ4v) is 4.98. The number of hydrogen-bond acceptors (Lipinski definition) is 5. The van der Waals surface area contributed by atoms with Crippen LogP contribution in [-0.2, 0) is 22.6 Å². The van der Waals surface area contributed by atoms with E-state index >= 15 is 0 Å². The molecule has 0 fully saturated rings. The third-order valence-corrected chi connectivity index (χ3v) is 6.73. The molecule has 170 valence electrons. The van der Waals surface area contributed by atoms with Gasteiger partial charge in [0, 0.05) is 30.8 Å². The van der Waals surface area contributed by atoms with Gasteiger partial charge in [0.05, 0.1) is 23.6 Å². The standard InChI is InChI=1S/C24H35N3O3S/c1-5-6-7-8-9-10-11-12-25-22(29)21-20(26-16(2)28)18-13-17-15-30-24(3,4)14-19(17)27-23(18)31-21/h13H,5-12,14-15H2,1-4H3,(H,25,29)(H,26,28). The maximum atomic E-state index is 12.9. The van der Waals surface area contributed by atoms with Crippen molar-refractivity contribution in [2.45, 2.75) is 91.3 Å². The molecule has 2 aromatic rings. The maximum Gasteiger partial charge on any atom is 0.263 e. The summed E-state index contributed by atoms with van der Waals surface area (Å²) in [6.45, 7) is 8.93. The molecule has 2 aromatic heterocycles. The molecule has 0 bridgehead atoms. The second-order valence-electron chi connectivity index (χ2n) is 9.04. The molecule has 0 unspecified atom stereocenters. The number of pyridine rings is 1. The van der Waals surface area contributed by atoms with Crippen molar-refractivity contribution in [1.82, 2.24) is 10.3 Å². The maximum absolute atomic E-state index is 12.9. The van der Waals surface area contributed by atoms with Crippen LogP contribution in [0.4, 0.5) is 5.69 Å². The van der Waals surface area contributed by atoms with Crippen molar-refractivity contribution < 1.29 is 14.3 Å². The van der Waals surface area contributed by atoms with E-state index in [0.29, 0.717) is 23.7 Å². The van der Waals surface area contributed by atoms with Gasteiger partial charge in [0.1, 0.15) is 9.71 Å². The molecule has 7 heteroatoms. The molecule has 0 atom stereocenters. The fourth-order valence-electron chi connectivity index (χ4n) is 3.93. The highest BCUT2D eigenvalue weighted by atomic mass is 32.1. The van der Waals surface area contributed by atoms with E-state index in [9.17, 15) is 9.59 Å². The molecule has 0 spiro atoms. The Morgan fingerprint density at radius 2 is 1.87 bits per heavy atom. The van der Waals surface area contributed by atoms with Crippen molar-refractivity contribution in [1.29, 1.82) is 0 Å². The van der Waals surface area contributed by atoms with E-state index in [4.69, 9.17) is 9.72 Å². The monoisotopic (exact) mass is 445 g/mol. The molecule has 6 nitrogen and oxygen atoms in total. The first-order valence-corrected chi connectivity index (χ1v) is 12.3. The zero-order valence-corrected chi connectivity index (χ0v) is 20.0. The number of nitrogens with one attached hydrogen (secondary N) is 2. The molecule has 31 heavy (non-hydrogen) atoms. The minimum atomic E-state index is -0.248. The van der Waals surface area contributed by atoms with Crippen LogP contribution in [0.25, 0.3) is 10.2 Å². The minimum Gasteiger partial charge on any atom is -0.370 e. The largest absolute Gasteiger partial charge is 0.370 e. The van der Waals surface area contributed by atoms with Gasteiger partial charge in [-0.1, -0.05) is 45.4 Å². The van der Waals surface area contributed by atoms with Gasteiger partial charge in [0.2, 0.25) is 5.91 Å². The molecule has 0 radical (unpaired) electrons. The Labute approximate surface area is 189 Å². The lowest BCUT2D eigenvalue weighted by Crippen LogP contribution is -2.32. The number of carbonyl (C=O) groups excluding carboxylic acids is 2. The Bertz CT molecular complexity index is 936. The van der Waals surface area contributed by atoms with Crippen LogP contribution in [0.3, 0.4) is 0 Å². The van der Waals surface area contributed by atoms with E-state index in [1.165, 1.54) is 50.4 Å². The summed E-state index contributed by atoms with van der Waals surface area (Å²) in [7, 11) is 0. The number of fused-ring (bicyclic) bond motifs is 2. The lowest BCUT2D eigenvalue weighted by molar-refractivity contribution is -0.114. The van der Waals surface area contributed by atoms with E-state index in [2.05, 4.69) is 31.4 Å². The van der Waals surface area contributed by atoms with Gasteiger partial charge in [-0.3, -0.25) is 9.59 Å². The quantitative estimate of drug-likeness (QED) is 0.467. The fraction of sp³-hybridized carbons (Fsp3) is 0.625. The van der Waals surface area contributed by atoms with Crippen molar-refractivity contribution in [2.75, 3.05) is 11.9 Å². The molecule has 0 saturated heterocycles. The summed E-state index contributed by atoms with van der Waals surface area (Å²) < 4.78 is 5.92. The molecule has 1 aliphatic rings. The highest BCUT2D eigenvalue weighted by molar-refractivity contribution is 7.21. The van der Waals surface area contributed by atoms with Gasteiger partial charge in [-0.15, -0.1) is 11.3 Å². The zero-order valence-electron chi connectivity index (χ0n) is 19.2.